The Morgan fingerprint density at radius 2 is 1.74 bits per heavy atom. The third-order valence-corrected chi connectivity index (χ3v) is 8.71. The first-order chi connectivity index (χ1) is 20.2. The van der Waals surface area contributed by atoms with E-state index in [1.807, 2.05) is 13.8 Å². The van der Waals surface area contributed by atoms with Gasteiger partial charge in [-0.15, -0.1) is 0 Å². The average Bonchev–Trinajstić information content (AvgIpc) is 3.42. The highest BCUT2D eigenvalue weighted by atomic mass is 19.1. The number of nitrogens with one attached hydrogen (secondary N) is 2. The van der Waals surface area contributed by atoms with Gasteiger partial charge in [0.2, 0.25) is 5.91 Å². The highest BCUT2D eigenvalue weighted by molar-refractivity contribution is 5.94. The van der Waals surface area contributed by atoms with E-state index in [1.165, 1.54) is 18.2 Å². The Morgan fingerprint density at radius 1 is 1.05 bits per heavy atom. The van der Waals surface area contributed by atoms with Crippen LogP contribution in [-0.2, 0) is 10.3 Å². The minimum Gasteiger partial charge on any atom is -0.390 e. The van der Waals surface area contributed by atoms with Gasteiger partial charge in [-0.25, -0.2) is 13.2 Å². The molecule has 1 atom stereocenters. The maximum Gasteiger partial charge on any atom is 0.273 e. The van der Waals surface area contributed by atoms with Crippen molar-refractivity contribution in [2.24, 2.45) is 5.92 Å². The first-order valence-corrected chi connectivity index (χ1v) is 14.8. The van der Waals surface area contributed by atoms with Crippen LogP contribution in [0, 0.1) is 23.4 Å². The molecule has 0 aliphatic heterocycles. The Bertz CT molecular complexity index is 1440. The van der Waals surface area contributed by atoms with Crippen LogP contribution < -0.4 is 10.6 Å². The number of carbonyl (C=O) groups is 2. The lowest BCUT2D eigenvalue weighted by atomic mass is 9.75. The molecule has 232 valence electrons. The summed E-state index contributed by atoms with van der Waals surface area (Å²) >= 11 is 0. The lowest BCUT2D eigenvalue weighted by Crippen LogP contribution is -2.53. The van der Waals surface area contributed by atoms with Crippen LogP contribution in [0.4, 0.5) is 13.2 Å². The van der Waals surface area contributed by atoms with Crippen LogP contribution in [0.5, 0.6) is 0 Å². The van der Waals surface area contributed by atoms with Crippen LogP contribution in [0.1, 0.15) is 95.1 Å². The van der Waals surface area contributed by atoms with E-state index in [9.17, 15) is 27.9 Å². The highest BCUT2D eigenvalue weighted by Crippen LogP contribution is 2.37. The van der Waals surface area contributed by atoms with Crippen LogP contribution in [0.25, 0.3) is 11.3 Å². The van der Waals surface area contributed by atoms with E-state index in [-0.39, 0.29) is 29.3 Å². The van der Waals surface area contributed by atoms with Gasteiger partial charge in [0.1, 0.15) is 17.5 Å². The Hall–Kier alpha value is -3.66. The van der Waals surface area contributed by atoms with E-state index >= 15 is 0 Å². The Morgan fingerprint density at radius 3 is 2.40 bits per heavy atom. The average molecular weight is 600 g/mol. The number of amides is 2. The van der Waals surface area contributed by atoms with Crippen molar-refractivity contribution in [3.8, 4) is 11.3 Å². The van der Waals surface area contributed by atoms with Crippen molar-refractivity contribution in [3.63, 3.8) is 0 Å². The van der Waals surface area contributed by atoms with Crippen LogP contribution in [-0.4, -0.2) is 33.2 Å². The van der Waals surface area contributed by atoms with Gasteiger partial charge in [0.25, 0.3) is 5.91 Å². The fourth-order valence-electron chi connectivity index (χ4n) is 5.89. The molecule has 0 bridgehead atoms. The van der Waals surface area contributed by atoms with Crippen molar-refractivity contribution >= 4 is 11.8 Å². The first kappa shape index (κ1) is 32.3. The predicted molar refractivity (Wildman–Crippen MR) is 156 cm³/mol. The largest absolute Gasteiger partial charge is 0.390 e. The molecule has 1 aliphatic carbocycles. The Kier molecular flexibility index (Phi) is 9.69. The van der Waals surface area contributed by atoms with Gasteiger partial charge in [-0.1, -0.05) is 30.3 Å². The normalized spacial score (nSPS) is 20.3. The molecule has 1 saturated carbocycles. The number of aromatic nitrogens is 1. The van der Waals surface area contributed by atoms with Gasteiger partial charge in [0.15, 0.2) is 11.5 Å². The minimum atomic E-state index is -1.01. The zero-order chi connectivity index (χ0) is 31.4. The van der Waals surface area contributed by atoms with Gasteiger partial charge in [-0.2, -0.15) is 0 Å². The van der Waals surface area contributed by atoms with Crippen molar-refractivity contribution in [3.05, 3.63) is 77.2 Å². The summed E-state index contributed by atoms with van der Waals surface area (Å²) in [6.45, 7) is 7.15. The fraction of sp³-hybridized carbons (Fsp3) is 0.485. The molecule has 0 radical (unpaired) electrons. The summed E-state index contributed by atoms with van der Waals surface area (Å²) in [6, 6.07) is 10.5. The lowest BCUT2D eigenvalue weighted by molar-refractivity contribution is -0.124. The standard InChI is InChI=1S/C33H40F3N3O4/c1-5-33(17-14-21-12-15-32(4,42)16-13-21,20-29(40)37-31(2,3)24-8-6-7-9-25(24)35)38-30(41)27-19-28(43-39-27)23-11-10-22(34)18-26(23)36/h6-11,18-19,21,42H,5,12-17,20H2,1-4H3,(H,37,40)(H,38,41). The number of hydrogen-bond donors (Lipinski definition) is 3. The molecule has 1 heterocycles. The monoisotopic (exact) mass is 599 g/mol. The summed E-state index contributed by atoms with van der Waals surface area (Å²) in [6.07, 6.45) is 4.57. The van der Waals surface area contributed by atoms with Gasteiger partial charge in [0, 0.05) is 29.7 Å². The Balaban J connectivity index is 1.54. The molecule has 10 heteroatoms. The van der Waals surface area contributed by atoms with E-state index in [4.69, 9.17) is 4.52 Å². The quantitative estimate of drug-likeness (QED) is 0.225. The van der Waals surface area contributed by atoms with E-state index in [0.717, 1.165) is 25.3 Å². The highest BCUT2D eigenvalue weighted by Gasteiger charge is 2.37. The molecule has 1 aliphatic rings. The van der Waals surface area contributed by atoms with E-state index < -0.39 is 40.0 Å². The molecule has 1 aromatic heterocycles. The molecule has 1 fully saturated rings. The molecule has 1 unspecified atom stereocenters. The first-order valence-electron chi connectivity index (χ1n) is 14.8. The van der Waals surface area contributed by atoms with Crippen molar-refractivity contribution in [1.29, 1.82) is 0 Å². The van der Waals surface area contributed by atoms with Gasteiger partial charge >= 0.3 is 0 Å². The molecule has 43 heavy (non-hydrogen) atoms. The number of nitrogens with zero attached hydrogens (tertiary/aromatic N) is 1. The van der Waals surface area contributed by atoms with Gasteiger partial charge in [-0.3, -0.25) is 9.59 Å². The summed E-state index contributed by atoms with van der Waals surface area (Å²) < 4.78 is 47.5. The number of hydrogen-bond acceptors (Lipinski definition) is 5. The van der Waals surface area contributed by atoms with E-state index in [1.54, 1.807) is 32.0 Å². The molecule has 7 nitrogen and oxygen atoms in total. The number of halogens is 3. The number of benzene rings is 2. The molecular formula is C33H40F3N3O4. The van der Waals surface area contributed by atoms with E-state index in [2.05, 4.69) is 15.8 Å². The van der Waals surface area contributed by atoms with Crippen LogP contribution >= 0.6 is 0 Å². The predicted octanol–water partition coefficient (Wildman–Crippen LogP) is 6.80. The second-order valence-corrected chi connectivity index (χ2v) is 12.6. The summed E-state index contributed by atoms with van der Waals surface area (Å²) in [5.74, 6) is -2.72. The van der Waals surface area contributed by atoms with Gasteiger partial charge < -0.3 is 20.3 Å². The Labute approximate surface area is 250 Å². The summed E-state index contributed by atoms with van der Waals surface area (Å²) in [4.78, 5) is 27.0. The topological polar surface area (TPSA) is 104 Å². The third kappa shape index (κ3) is 8.04. The van der Waals surface area contributed by atoms with Crippen molar-refractivity contribution in [2.45, 2.75) is 95.7 Å². The van der Waals surface area contributed by atoms with Crippen molar-refractivity contribution in [2.75, 3.05) is 0 Å². The molecule has 0 spiro atoms. The van der Waals surface area contributed by atoms with Gasteiger partial charge in [-0.05, 0) is 89.8 Å². The summed E-state index contributed by atoms with van der Waals surface area (Å²) in [5, 5.41) is 20.1. The minimum absolute atomic E-state index is 0.0385. The van der Waals surface area contributed by atoms with E-state index in [0.29, 0.717) is 43.2 Å². The zero-order valence-electron chi connectivity index (χ0n) is 25.1. The molecule has 3 aromatic rings. The maximum absolute atomic E-state index is 14.6. The molecule has 3 N–H and O–H groups in total. The molecular weight excluding hydrogens is 559 g/mol. The summed E-state index contributed by atoms with van der Waals surface area (Å²) in [7, 11) is 0. The summed E-state index contributed by atoms with van der Waals surface area (Å²) in [5.41, 5.74) is -2.49. The van der Waals surface area contributed by atoms with Crippen molar-refractivity contribution in [1.82, 2.24) is 15.8 Å². The van der Waals surface area contributed by atoms with Crippen LogP contribution in [0.2, 0.25) is 0 Å². The molecule has 2 aromatic carbocycles. The number of aliphatic hydroxyl groups is 1. The van der Waals surface area contributed by atoms with Crippen LogP contribution in [0.15, 0.2) is 53.1 Å². The SMILES string of the molecule is CCC(CCC1CCC(C)(O)CC1)(CC(=O)NC(C)(C)c1ccccc1F)NC(=O)c1cc(-c2ccc(F)cc2F)on1. The second kappa shape index (κ2) is 12.9. The second-order valence-electron chi connectivity index (χ2n) is 12.6. The molecule has 0 saturated heterocycles. The lowest BCUT2D eigenvalue weighted by Gasteiger charge is -2.38. The van der Waals surface area contributed by atoms with Crippen LogP contribution in [0.3, 0.4) is 0 Å². The molecule has 2 amide bonds. The fourth-order valence-corrected chi connectivity index (χ4v) is 5.89. The van der Waals surface area contributed by atoms with Crippen molar-refractivity contribution < 1.29 is 32.4 Å². The maximum atomic E-state index is 14.6. The van der Waals surface area contributed by atoms with Gasteiger partial charge in [0.05, 0.1) is 16.7 Å². The number of carbonyl (C=O) groups excluding carboxylic acids is 2. The smallest absolute Gasteiger partial charge is 0.273 e. The zero-order valence-corrected chi connectivity index (χ0v) is 25.1. The number of rotatable bonds is 11. The third-order valence-electron chi connectivity index (χ3n) is 8.71. The molecule has 4 rings (SSSR count).